The number of furan rings is 1. The smallest absolute Gasteiger partial charge is 0.257 e. The van der Waals surface area contributed by atoms with Crippen molar-refractivity contribution in [1.29, 1.82) is 0 Å². The molecule has 154 valence electrons. The van der Waals surface area contributed by atoms with Crippen molar-refractivity contribution in [1.82, 2.24) is 15.2 Å². The number of hydrogen-bond acceptors (Lipinski definition) is 5. The summed E-state index contributed by atoms with van der Waals surface area (Å²) in [6.07, 6.45) is 3.00. The molecule has 1 aliphatic rings. The van der Waals surface area contributed by atoms with Gasteiger partial charge in [0.2, 0.25) is 5.91 Å². The average Bonchev–Trinajstić information content (AvgIpc) is 3.36. The van der Waals surface area contributed by atoms with Gasteiger partial charge in [-0.05, 0) is 43.3 Å². The van der Waals surface area contributed by atoms with Gasteiger partial charge >= 0.3 is 0 Å². The zero-order chi connectivity index (χ0) is 20.8. The minimum atomic E-state index is -0.314. The number of hydrazone groups is 1. The van der Waals surface area contributed by atoms with Crippen molar-refractivity contribution in [3.63, 3.8) is 0 Å². The molecule has 2 heterocycles. The van der Waals surface area contributed by atoms with Gasteiger partial charge in [-0.1, -0.05) is 30.7 Å². The number of nitrogens with one attached hydrogen (secondary N) is 1. The number of likely N-dealkylation sites (N-methyl/N-ethyl adjacent to an activating group) is 1. The molecule has 0 bridgehead atoms. The summed E-state index contributed by atoms with van der Waals surface area (Å²) in [5, 5.41) is 9.49. The summed E-state index contributed by atoms with van der Waals surface area (Å²) in [4.78, 5) is 26.6. The van der Waals surface area contributed by atoms with Crippen LogP contribution in [0, 0.1) is 0 Å². The third-order valence-electron chi connectivity index (χ3n) is 4.61. The lowest BCUT2D eigenvalue weighted by Gasteiger charge is -2.23. The standard InChI is InChI=1S/C21H25ClN4O3/c1-3-10-23-20(27)13-25(2)14-21(28)26-18(19-5-4-11-29-19)12-17(24-26)15-6-8-16(22)9-7-15/h4-9,11,18H,3,10,12-14H2,1-2H3,(H,23,27)/t18-/m1/s1. The molecule has 1 aromatic heterocycles. The second kappa shape index (κ2) is 9.71. The molecule has 3 rings (SSSR count). The first-order valence-corrected chi connectivity index (χ1v) is 10.00. The quantitative estimate of drug-likeness (QED) is 0.717. The highest BCUT2D eigenvalue weighted by atomic mass is 35.5. The normalized spacial score (nSPS) is 16.2. The summed E-state index contributed by atoms with van der Waals surface area (Å²) in [6, 6.07) is 10.7. The largest absolute Gasteiger partial charge is 0.467 e. The number of rotatable bonds is 8. The number of amides is 2. The van der Waals surface area contributed by atoms with Crippen LogP contribution in [-0.2, 0) is 9.59 Å². The second-order valence-electron chi connectivity index (χ2n) is 7.05. The summed E-state index contributed by atoms with van der Waals surface area (Å²) in [5.41, 5.74) is 1.70. The fourth-order valence-corrected chi connectivity index (χ4v) is 3.31. The summed E-state index contributed by atoms with van der Waals surface area (Å²) in [5.74, 6) is 0.382. The van der Waals surface area contributed by atoms with Gasteiger partial charge < -0.3 is 9.73 Å². The Morgan fingerprint density at radius 2 is 2.03 bits per heavy atom. The molecular formula is C21H25ClN4O3. The number of nitrogens with zero attached hydrogens (tertiary/aromatic N) is 3. The fraction of sp³-hybridized carbons (Fsp3) is 0.381. The van der Waals surface area contributed by atoms with E-state index in [0.29, 0.717) is 23.7 Å². The van der Waals surface area contributed by atoms with Crippen molar-refractivity contribution in [2.45, 2.75) is 25.8 Å². The van der Waals surface area contributed by atoms with Crippen molar-refractivity contribution in [2.75, 3.05) is 26.7 Å². The van der Waals surface area contributed by atoms with Gasteiger partial charge in [0.25, 0.3) is 5.91 Å². The number of carbonyl (C=O) groups is 2. The Morgan fingerprint density at radius 1 is 1.28 bits per heavy atom. The maximum absolute atomic E-state index is 13.0. The number of halogens is 1. The minimum absolute atomic E-state index is 0.0775. The monoisotopic (exact) mass is 416 g/mol. The predicted octanol–water partition coefficient (Wildman–Crippen LogP) is 3.07. The minimum Gasteiger partial charge on any atom is -0.467 e. The molecule has 0 unspecified atom stereocenters. The van der Waals surface area contributed by atoms with Gasteiger partial charge in [0.15, 0.2) is 0 Å². The first-order chi connectivity index (χ1) is 14.0. The molecule has 0 spiro atoms. The maximum atomic E-state index is 13.0. The van der Waals surface area contributed by atoms with E-state index in [4.69, 9.17) is 16.0 Å². The van der Waals surface area contributed by atoms with Crippen molar-refractivity contribution in [2.24, 2.45) is 5.10 Å². The van der Waals surface area contributed by atoms with Gasteiger partial charge in [-0.25, -0.2) is 5.01 Å². The summed E-state index contributed by atoms with van der Waals surface area (Å²) in [7, 11) is 1.74. The zero-order valence-electron chi connectivity index (χ0n) is 16.6. The average molecular weight is 417 g/mol. The third-order valence-corrected chi connectivity index (χ3v) is 4.86. The molecule has 29 heavy (non-hydrogen) atoms. The molecule has 2 aromatic rings. The van der Waals surface area contributed by atoms with Gasteiger partial charge in [0.1, 0.15) is 11.8 Å². The molecule has 1 atom stereocenters. The molecule has 1 aromatic carbocycles. The highest BCUT2D eigenvalue weighted by Crippen LogP contribution is 2.33. The van der Waals surface area contributed by atoms with E-state index in [1.165, 1.54) is 5.01 Å². The van der Waals surface area contributed by atoms with Crippen LogP contribution in [0.15, 0.2) is 52.2 Å². The second-order valence-corrected chi connectivity index (χ2v) is 7.49. The molecule has 7 nitrogen and oxygen atoms in total. The van der Waals surface area contributed by atoms with Crippen LogP contribution in [0.3, 0.4) is 0 Å². The number of carbonyl (C=O) groups excluding carboxylic acids is 2. The van der Waals surface area contributed by atoms with Gasteiger partial charge in [0.05, 0.1) is 25.1 Å². The Hall–Kier alpha value is -2.64. The molecule has 0 aliphatic carbocycles. The molecule has 2 amide bonds. The molecule has 0 fully saturated rings. The highest BCUT2D eigenvalue weighted by molar-refractivity contribution is 6.30. The molecule has 0 saturated carbocycles. The summed E-state index contributed by atoms with van der Waals surface area (Å²) >= 11 is 5.98. The van der Waals surface area contributed by atoms with Crippen LogP contribution in [0.2, 0.25) is 5.02 Å². The fourth-order valence-electron chi connectivity index (χ4n) is 3.18. The van der Waals surface area contributed by atoms with E-state index in [9.17, 15) is 9.59 Å². The van der Waals surface area contributed by atoms with Crippen LogP contribution in [-0.4, -0.2) is 54.1 Å². The van der Waals surface area contributed by atoms with E-state index < -0.39 is 0 Å². The summed E-state index contributed by atoms with van der Waals surface area (Å²) < 4.78 is 5.55. The first kappa shape index (κ1) is 21.1. The van der Waals surface area contributed by atoms with E-state index >= 15 is 0 Å². The molecule has 0 radical (unpaired) electrons. The van der Waals surface area contributed by atoms with Gasteiger partial charge in [-0.2, -0.15) is 5.10 Å². The molecule has 1 N–H and O–H groups in total. The van der Waals surface area contributed by atoms with Crippen LogP contribution < -0.4 is 5.32 Å². The van der Waals surface area contributed by atoms with Crippen molar-refractivity contribution in [3.8, 4) is 0 Å². The first-order valence-electron chi connectivity index (χ1n) is 9.62. The number of benzene rings is 1. The van der Waals surface area contributed by atoms with Crippen molar-refractivity contribution in [3.05, 3.63) is 59.0 Å². The van der Waals surface area contributed by atoms with Crippen molar-refractivity contribution >= 4 is 29.1 Å². The van der Waals surface area contributed by atoms with Crippen LogP contribution in [0.25, 0.3) is 0 Å². The SMILES string of the molecule is CCCNC(=O)CN(C)CC(=O)N1N=C(c2ccc(Cl)cc2)C[C@@H]1c1ccco1. The Labute approximate surface area is 175 Å². The lowest BCUT2D eigenvalue weighted by atomic mass is 10.0. The van der Waals surface area contributed by atoms with Gasteiger partial charge in [0, 0.05) is 18.0 Å². The highest BCUT2D eigenvalue weighted by Gasteiger charge is 2.35. The lowest BCUT2D eigenvalue weighted by molar-refractivity contribution is -0.134. The van der Waals surface area contributed by atoms with E-state index in [2.05, 4.69) is 10.4 Å². The molecule has 1 aliphatic heterocycles. The number of hydrogen-bond donors (Lipinski definition) is 1. The van der Waals surface area contributed by atoms with Crippen LogP contribution >= 0.6 is 11.6 Å². The van der Waals surface area contributed by atoms with E-state index in [-0.39, 0.29) is 30.9 Å². The van der Waals surface area contributed by atoms with E-state index in [1.807, 2.05) is 25.1 Å². The third kappa shape index (κ3) is 5.46. The Morgan fingerprint density at radius 3 is 2.69 bits per heavy atom. The molecular weight excluding hydrogens is 392 g/mol. The molecule has 0 saturated heterocycles. The van der Waals surface area contributed by atoms with E-state index in [1.54, 1.807) is 36.4 Å². The Bertz CT molecular complexity index is 865. The lowest BCUT2D eigenvalue weighted by Crippen LogP contribution is -2.41. The van der Waals surface area contributed by atoms with E-state index in [0.717, 1.165) is 17.7 Å². The van der Waals surface area contributed by atoms with Crippen molar-refractivity contribution < 1.29 is 14.0 Å². The Balaban J connectivity index is 1.73. The summed E-state index contributed by atoms with van der Waals surface area (Å²) in [6.45, 7) is 2.85. The van der Waals surface area contributed by atoms with Gasteiger partial charge in [-0.3, -0.25) is 14.5 Å². The van der Waals surface area contributed by atoms with Crippen LogP contribution in [0.1, 0.15) is 37.1 Å². The van der Waals surface area contributed by atoms with Crippen LogP contribution in [0.4, 0.5) is 0 Å². The molecule has 8 heteroatoms. The topological polar surface area (TPSA) is 78.2 Å². The Kier molecular flexibility index (Phi) is 7.06. The maximum Gasteiger partial charge on any atom is 0.257 e. The zero-order valence-corrected chi connectivity index (χ0v) is 17.4. The van der Waals surface area contributed by atoms with Gasteiger partial charge in [-0.15, -0.1) is 0 Å². The predicted molar refractivity (Wildman–Crippen MR) is 112 cm³/mol. The van der Waals surface area contributed by atoms with Crippen LogP contribution in [0.5, 0.6) is 0 Å².